The summed E-state index contributed by atoms with van der Waals surface area (Å²) >= 11 is 0. The minimum Gasteiger partial charge on any atom is -0.507 e. The normalized spacial score (nSPS) is 17.3. The number of methoxy groups -OCH3 is 1. The third-order valence-corrected chi connectivity index (χ3v) is 5.67. The summed E-state index contributed by atoms with van der Waals surface area (Å²) in [5, 5.41) is 11.4. The van der Waals surface area contributed by atoms with E-state index in [4.69, 9.17) is 9.47 Å². The number of carbonyl (C=O) groups is 2. The first-order valence-corrected chi connectivity index (χ1v) is 11.1. The van der Waals surface area contributed by atoms with Crippen LogP contribution >= 0.6 is 0 Å². The lowest BCUT2D eigenvalue weighted by atomic mass is 9.94. The van der Waals surface area contributed by atoms with Crippen molar-refractivity contribution in [2.75, 3.05) is 12.0 Å². The largest absolute Gasteiger partial charge is 0.507 e. The van der Waals surface area contributed by atoms with Gasteiger partial charge in [-0.1, -0.05) is 48.0 Å². The summed E-state index contributed by atoms with van der Waals surface area (Å²) in [5.41, 5.74) is 2.56. The van der Waals surface area contributed by atoms with Gasteiger partial charge in [-0.15, -0.1) is 0 Å². The Kier molecular flexibility index (Phi) is 6.41. The quantitative estimate of drug-likeness (QED) is 0.304. The Balaban J connectivity index is 1.94. The lowest BCUT2D eigenvalue weighted by molar-refractivity contribution is -0.132. The van der Waals surface area contributed by atoms with E-state index in [0.717, 1.165) is 5.56 Å². The maximum absolute atomic E-state index is 13.3. The molecular weight excluding hydrogens is 430 g/mol. The summed E-state index contributed by atoms with van der Waals surface area (Å²) in [6.45, 7) is 5.75. The van der Waals surface area contributed by atoms with Gasteiger partial charge >= 0.3 is 0 Å². The number of benzene rings is 3. The Labute approximate surface area is 199 Å². The van der Waals surface area contributed by atoms with E-state index in [1.807, 2.05) is 45.0 Å². The summed E-state index contributed by atoms with van der Waals surface area (Å²) in [4.78, 5) is 28.1. The molecule has 4 rings (SSSR count). The van der Waals surface area contributed by atoms with Gasteiger partial charge in [0, 0.05) is 16.8 Å². The fraction of sp³-hybridized carbons (Fsp3) is 0.214. The van der Waals surface area contributed by atoms with Crippen LogP contribution in [0, 0.1) is 6.92 Å². The Morgan fingerprint density at radius 3 is 2.35 bits per heavy atom. The molecule has 1 heterocycles. The second-order valence-corrected chi connectivity index (χ2v) is 8.44. The second kappa shape index (κ2) is 9.43. The molecule has 1 saturated heterocycles. The summed E-state index contributed by atoms with van der Waals surface area (Å²) in [7, 11) is 1.53. The van der Waals surface area contributed by atoms with Gasteiger partial charge in [-0.05, 0) is 51.1 Å². The molecule has 1 atom stereocenters. The van der Waals surface area contributed by atoms with Crippen molar-refractivity contribution in [2.45, 2.75) is 32.9 Å². The maximum atomic E-state index is 13.3. The highest BCUT2D eigenvalue weighted by Gasteiger charge is 2.47. The van der Waals surface area contributed by atoms with Gasteiger partial charge in [-0.3, -0.25) is 14.5 Å². The smallest absolute Gasteiger partial charge is 0.300 e. The molecule has 0 saturated carbocycles. The van der Waals surface area contributed by atoms with Crippen molar-refractivity contribution in [1.29, 1.82) is 0 Å². The topological polar surface area (TPSA) is 76.1 Å². The summed E-state index contributed by atoms with van der Waals surface area (Å²) in [6, 6.07) is 20.5. The van der Waals surface area contributed by atoms with E-state index < -0.39 is 17.7 Å². The number of amides is 1. The number of aryl methyl sites for hydroxylation is 1. The first-order chi connectivity index (χ1) is 16.3. The Hall–Kier alpha value is -4.06. The molecule has 3 aromatic carbocycles. The van der Waals surface area contributed by atoms with Gasteiger partial charge in [0.05, 0.1) is 24.8 Å². The molecule has 6 heteroatoms. The molecule has 1 amide bonds. The van der Waals surface area contributed by atoms with Crippen LogP contribution in [0.2, 0.25) is 0 Å². The molecule has 1 aliphatic rings. The van der Waals surface area contributed by atoms with E-state index in [1.165, 1.54) is 12.0 Å². The van der Waals surface area contributed by atoms with Crippen molar-refractivity contribution >= 4 is 23.1 Å². The minimum absolute atomic E-state index is 0.00299. The monoisotopic (exact) mass is 457 g/mol. The third kappa shape index (κ3) is 4.27. The number of anilines is 1. The average molecular weight is 458 g/mol. The molecule has 6 nitrogen and oxygen atoms in total. The van der Waals surface area contributed by atoms with Crippen LogP contribution in [-0.2, 0) is 9.59 Å². The minimum atomic E-state index is -0.867. The number of hydrogen-bond donors (Lipinski definition) is 1. The number of ether oxygens (including phenoxy) is 2. The lowest BCUT2D eigenvalue weighted by Gasteiger charge is -2.26. The number of para-hydroxylation sites is 1. The average Bonchev–Trinajstić information content (AvgIpc) is 3.09. The summed E-state index contributed by atoms with van der Waals surface area (Å²) in [6.07, 6.45) is -0.0573. The highest BCUT2D eigenvalue weighted by molar-refractivity contribution is 6.51. The molecule has 1 unspecified atom stereocenters. The lowest BCUT2D eigenvalue weighted by Crippen LogP contribution is -2.29. The summed E-state index contributed by atoms with van der Waals surface area (Å²) in [5.74, 6) is -0.673. The SMILES string of the molecule is COc1ccccc1C1/C(=C(\O)c2cccc(OC(C)C)c2)C(=O)C(=O)N1c1ccc(C)cc1. The van der Waals surface area contributed by atoms with Crippen LogP contribution in [0.4, 0.5) is 5.69 Å². The van der Waals surface area contributed by atoms with Gasteiger partial charge < -0.3 is 14.6 Å². The molecule has 0 spiro atoms. The zero-order chi connectivity index (χ0) is 24.4. The number of Topliss-reactive ketones (excluding diaryl/α,β-unsaturated/α-hetero) is 1. The van der Waals surface area contributed by atoms with Crippen LogP contribution in [0.3, 0.4) is 0 Å². The molecular formula is C28H27NO5. The van der Waals surface area contributed by atoms with Crippen LogP contribution in [0.15, 0.2) is 78.4 Å². The molecule has 1 N–H and O–H groups in total. The molecule has 0 aliphatic carbocycles. The van der Waals surface area contributed by atoms with Gasteiger partial charge in [0.25, 0.3) is 11.7 Å². The van der Waals surface area contributed by atoms with Gasteiger partial charge in [0.15, 0.2) is 0 Å². The van der Waals surface area contributed by atoms with Crippen LogP contribution in [-0.4, -0.2) is 30.0 Å². The third-order valence-electron chi connectivity index (χ3n) is 5.67. The molecule has 174 valence electrons. The number of aliphatic hydroxyl groups is 1. The Morgan fingerprint density at radius 1 is 0.971 bits per heavy atom. The molecule has 1 fully saturated rings. The fourth-order valence-corrected chi connectivity index (χ4v) is 4.14. The van der Waals surface area contributed by atoms with Gasteiger partial charge in [0.2, 0.25) is 0 Å². The van der Waals surface area contributed by atoms with E-state index in [-0.39, 0.29) is 17.4 Å². The van der Waals surface area contributed by atoms with E-state index in [2.05, 4.69) is 0 Å². The number of hydrogen-bond acceptors (Lipinski definition) is 5. The predicted molar refractivity (Wildman–Crippen MR) is 131 cm³/mol. The van der Waals surface area contributed by atoms with Crippen molar-refractivity contribution in [2.24, 2.45) is 0 Å². The fourth-order valence-electron chi connectivity index (χ4n) is 4.14. The van der Waals surface area contributed by atoms with Gasteiger partial charge in [-0.25, -0.2) is 0 Å². The maximum Gasteiger partial charge on any atom is 0.300 e. The molecule has 1 aliphatic heterocycles. The predicted octanol–water partition coefficient (Wildman–Crippen LogP) is 5.42. The van der Waals surface area contributed by atoms with Crippen molar-refractivity contribution in [3.63, 3.8) is 0 Å². The van der Waals surface area contributed by atoms with Crippen molar-refractivity contribution < 1.29 is 24.2 Å². The highest BCUT2D eigenvalue weighted by Crippen LogP contribution is 2.45. The molecule has 0 aromatic heterocycles. The zero-order valence-electron chi connectivity index (χ0n) is 19.6. The van der Waals surface area contributed by atoms with Crippen LogP contribution in [0.5, 0.6) is 11.5 Å². The summed E-state index contributed by atoms with van der Waals surface area (Å²) < 4.78 is 11.3. The van der Waals surface area contributed by atoms with E-state index in [1.54, 1.807) is 48.5 Å². The molecule has 3 aromatic rings. The highest BCUT2D eigenvalue weighted by atomic mass is 16.5. The van der Waals surface area contributed by atoms with Gasteiger partial charge in [-0.2, -0.15) is 0 Å². The number of aliphatic hydroxyl groups excluding tert-OH is 1. The van der Waals surface area contributed by atoms with E-state index in [9.17, 15) is 14.7 Å². The number of nitrogens with zero attached hydrogens (tertiary/aromatic N) is 1. The number of carbonyl (C=O) groups excluding carboxylic acids is 2. The number of ketones is 1. The van der Waals surface area contributed by atoms with Crippen LogP contribution in [0.25, 0.3) is 5.76 Å². The van der Waals surface area contributed by atoms with Crippen molar-refractivity contribution in [3.8, 4) is 11.5 Å². The Morgan fingerprint density at radius 2 is 1.68 bits per heavy atom. The van der Waals surface area contributed by atoms with Crippen molar-refractivity contribution in [3.05, 3.63) is 95.1 Å². The van der Waals surface area contributed by atoms with Crippen molar-refractivity contribution in [1.82, 2.24) is 0 Å². The van der Waals surface area contributed by atoms with E-state index >= 15 is 0 Å². The van der Waals surface area contributed by atoms with E-state index in [0.29, 0.717) is 28.3 Å². The first kappa shape index (κ1) is 23.1. The Bertz CT molecular complexity index is 1260. The molecule has 0 bridgehead atoms. The van der Waals surface area contributed by atoms with Crippen LogP contribution in [0.1, 0.15) is 36.6 Å². The first-order valence-electron chi connectivity index (χ1n) is 11.1. The van der Waals surface area contributed by atoms with Gasteiger partial charge in [0.1, 0.15) is 17.3 Å². The van der Waals surface area contributed by atoms with Crippen LogP contribution < -0.4 is 14.4 Å². The standard InChI is InChI=1S/C28H27NO5/c1-17(2)34-21-9-7-8-19(16-21)26(30)24-25(22-10-5-6-11-23(22)33-4)29(28(32)27(24)31)20-14-12-18(3)13-15-20/h5-17,25,30H,1-4H3/b26-24+. The second-order valence-electron chi connectivity index (χ2n) is 8.44. The zero-order valence-corrected chi connectivity index (χ0v) is 19.6. The number of rotatable bonds is 6. The molecule has 34 heavy (non-hydrogen) atoms. The molecule has 0 radical (unpaired) electrons.